The molecule has 0 spiro atoms. The maximum Gasteiger partial charge on any atom is 0.257 e. The summed E-state index contributed by atoms with van der Waals surface area (Å²) < 4.78 is 5.43. The minimum atomic E-state index is -0.117. The predicted molar refractivity (Wildman–Crippen MR) is 72.6 cm³/mol. The SMILES string of the molecule is Cc1ccc(OCC(=O)NCC(C)CN)cc1C. The molecule has 0 fully saturated rings. The van der Waals surface area contributed by atoms with Gasteiger partial charge in [0.25, 0.3) is 5.91 Å². The van der Waals surface area contributed by atoms with Crippen molar-refractivity contribution in [3.63, 3.8) is 0 Å². The third-order valence-corrected chi connectivity index (χ3v) is 2.90. The third-order valence-electron chi connectivity index (χ3n) is 2.90. The summed E-state index contributed by atoms with van der Waals surface area (Å²) in [7, 11) is 0. The first-order chi connectivity index (χ1) is 8.52. The van der Waals surface area contributed by atoms with Crippen LogP contribution < -0.4 is 15.8 Å². The molecule has 0 aliphatic heterocycles. The van der Waals surface area contributed by atoms with Crippen LogP contribution in [-0.2, 0) is 4.79 Å². The zero-order chi connectivity index (χ0) is 13.5. The summed E-state index contributed by atoms with van der Waals surface area (Å²) >= 11 is 0. The molecule has 1 aromatic rings. The highest BCUT2D eigenvalue weighted by Gasteiger charge is 2.05. The van der Waals surface area contributed by atoms with E-state index in [9.17, 15) is 4.79 Å². The second kappa shape index (κ2) is 7.01. The lowest BCUT2D eigenvalue weighted by Gasteiger charge is -2.11. The Morgan fingerprint density at radius 3 is 2.72 bits per heavy atom. The molecule has 0 heterocycles. The van der Waals surface area contributed by atoms with Gasteiger partial charge in [-0.15, -0.1) is 0 Å². The molecule has 1 amide bonds. The van der Waals surface area contributed by atoms with Crippen molar-refractivity contribution in [3.8, 4) is 5.75 Å². The molecular weight excluding hydrogens is 228 g/mol. The van der Waals surface area contributed by atoms with E-state index >= 15 is 0 Å². The molecule has 4 nitrogen and oxygen atoms in total. The molecule has 0 aromatic heterocycles. The van der Waals surface area contributed by atoms with Crippen molar-refractivity contribution in [1.29, 1.82) is 0 Å². The van der Waals surface area contributed by atoms with Gasteiger partial charge >= 0.3 is 0 Å². The maximum absolute atomic E-state index is 11.5. The van der Waals surface area contributed by atoms with Crippen molar-refractivity contribution >= 4 is 5.91 Å². The number of amides is 1. The molecule has 0 saturated heterocycles. The molecule has 0 aliphatic rings. The van der Waals surface area contributed by atoms with Crippen molar-refractivity contribution in [3.05, 3.63) is 29.3 Å². The van der Waals surface area contributed by atoms with Gasteiger partial charge in [-0.05, 0) is 49.6 Å². The van der Waals surface area contributed by atoms with E-state index in [1.807, 2.05) is 39.0 Å². The Hall–Kier alpha value is -1.55. The number of nitrogens with one attached hydrogen (secondary N) is 1. The van der Waals surface area contributed by atoms with Gasteiger partial charge in [-0.25, -0.2) is 0 Å². The summed E-state index contributed by atoms with van der Waals surface area (Å²) in [5.41, 5.74) is 7.84. The van der Waals surface area contributed by atoms with Gasteiger partial charge in [0.1, 0.15) is 5.75 Å². The van der Waals surface area contributed by atoms with Crippen LogP contribution in [0.5, 0.6) is 5.75 Å². The van der Waals surface area contributed by atoms with Gasteiger partial charge in [-0.1, -0.05) is 13.0 Å². The Labute approximate surface area is 109 Å². The monoisotopic (exact) mass is 250 g/mol. The lowest BCUT2D eigenvalue weighted by molar-refractivity contribution is -0.123. The fourth-order valence-electron chi connectivity index (χ4n) is 1.38. The van der Waals surface area contributed by atoms with Crippen molar-refractivity contribution in [2.24, 2.45) is 11.7 Å². The largest absolute Gasteiger partial charge is 0.484 e. The Morgan fingerprint density at radius 2 is 2.11 bits per heavy atom. The number of aryl methyl sites for hydroxylation is 2. The molecule has 100 valence electrons. The summed E-state index contributed by atoms with van der Waals surface area (Å²) in [6, 6.07) is 5.79. The van der Waals surface area contributed by atoms with E-state index in [0.717, 1.165) is 11.3 Å². The van der Waals surface area contributed by atoms with Crippen LogP contribution in [0.25, 0.3) is 0 Å². The van der Waals surface area contributed by atoms with Gasteiger partial charge in [-0.2, -0.15) is 0 Å². The van der Waals surface area contributed by atoms with Crippen molar-refractivity contribution in [2.45, 2.75) is 20.8 Å². The van der Waals surface area contributed by atoms with Crippen LogP contribution >= 0.6 is 0 Å². The van der Waals surface area contributed by atoms with Crippen LogP contribution in [0.1, 0.15) is 18.1 Å². The molecule has 1 rings (SSSR count). The van der Waals surface area contributed by atoms with Crippen LogP contribution in [-0.4, -0.2) is 25.6 Å². The summed E-state index contributed by atoms with van der Waals surface area (Å²) in [6.07, 6.45) is 0. The Kier molecular flexibility index (Phi) is 5.65. The van der Waals surface area contributed by atoms with E-state index in [0.29, 0.717) is 13.1 Å². The highest BCUT2D eigenvalue weighted by Crippen LogP contribution is 2.16. The van der Waals surface area contributed by atoms with Gasteiger partial charge in [0.2, 0.25) is 0 Å². The molecule has 4 heteroatoms. The topological polar surface area (TPSA) is 64.3 Å². The van der Waals surface area contributed by atoms with E-state index in [4.69, 9.17) is 10.5 Å². The van der Waals surface area contributed by atoms with Crippen molar-refractivity contribution in [1.82, 2.24) is 5.32 Å². The lowest BCUT2D eigenvalue weighted by atomic mass is 10.1. The van der Waals surface area contributed by atoms with E-state index in [-0.39, 0.29) is 18.4 Å². The number of benzene rings is 1. The smallest absolute Gasteiger partial charge is 0.257 e. The third kappa shape index (κ3) is 4.75. The summed E-state index contributed by atoms with van der Waals surface area (Å²) in [4.78, 5) is 11.5. The van der Waals surface area contributed by atoms with E-state index in [1.54, 1.807) is 0 Å². The molecule has 1 aromatic carbocycles. The zero-order valence-corrected chi connectivity index (χ0v) is 11.3. The number of carbonyl (C=O) groups is 1. The van der Waals surface area contributed by atoms with Crippen LogP contribution in [0.3, 0.4) is 0 Å². The molecule has 1 unspecified atom stereocenters. The van der Waals surface area contributed by atoms with Crippen molar-refractivity contribution < 1.29 is 9.53 Å². The summed E-state index contributed by atoms with van der Waals surface area (Å²) in [5.74, 6) is 0.893. The first-order valence-corrected chi connectivity index (χ1v) is 6.19. The maximum atomic E-state index is 11.5. The van der Waals surface area contributed by atoms with Gasteiger partial charge in [0.05, 0.1) is 0 Å². The normalized spacial score (nSPS) is 12.0. The van der Waals surface area contributed by atoms with E-state index in [2.05, 4.69) is 5.32 Å². The van der Waals surface area contributed by atoms with Gasteiger partial charge in [-0.3, -0.25) is 4.79 Å². The van der Waals surface area contributed by atoms with Gasteiger partial charge in [0.15, 0.2) is 6.61 Å². The number of rotatable bonds is 6. The minimum absolute atomic E-state index is 0.0415. The van der Waals surface area contributed by atoms with E-state index < -0.39 is 0 Å². The van der Waals surface area contributed by atoms with Gasteiger partial charge < -0.3 is 15.8 Å². The molecular formula is C14H22N2O2. The molecule has 1 atom stereocenters. The average Bonchev–Trinajstić information content (AvgIpc) is 2.37. The molecule has 3 N–H and O–H groups in total. The average molecular weight is 250 g/mol. The van der Waals surface area contributed by atoms with Crippen LogP contribution in [0, 0.1) is 19.8 Å². The second-order valence-corrected chi connectivity index (χ2v) is 4.68. The first kappa shape index (κ1) is 14.5. The number of hydrogen-bond donors (Lipinski definition) is 2. The lowest BCUT2D eigenvalue weighted by Crippen LogP contribution is -2.34. The highest BCUT2D eigenvalue weighted by atomic mass is 16.5. The summed E-state index contributed by atoms with van der Waals surface area (Å²) in [5, 5.41) is 2.79. The number of ether oxygens (including phenoxy) is 1. The van der Waals surface area contributed by atoms with Gasteiger partial charge in [0, 0.05) is 6.54 Å². The summed E-state index contributed by atoms with van der Waals surface area (Å²) in [6.45, 7) is 7.25. The van der Waals surface area contributed by atoms with Crippen molar-refractivity contribution in [2.75, 3.05) is 19.7 Å². The Morgan fingerprint density at radius 1 is 1.39 bits per heavy atom. The molecule has 18 heavy (non-hydrogen) atoms. The fraction of sp³-hybridized carbons (Fsp3) is 0.500. The Balaban J connectivity index is 2.36. The standard InChI is InChI=1S/C14H22N2O2/c1-10(7-15)8-16-14(17)9-18-13-5-4-11(2)12(3)6-13/h4-6,10H,7-9,15H2,1-3H3,(H,16,17). The minimum Gasteiger partial charge on any atom is -0.484 e. The number of hydrogen-bond acceptors (Lipinski definition) is 3. The molecule has 0 radical (unpaired) electrons. The fourth-order valence-corrected chi connectivity index (χ4v) is 1.38. The predicted octanol–water partition coefficient (Wildman–Crippen LogP) is 1.39. The number of nitrogens with two attached hydrogens (primary N) is 1. The molecule has 0 saturated carbocycles. The van der Waals surface area contributed by atoms with Crippen LogP contribution in [0.4, 0.5) is 0 Å². The quantitative estimate of drug-likeness (QED) is 0.802. The molecule has 0 aliphatic carbocycles. The van der Waals surface area contributed by atoms with Crippen LogP contribution in [0.15, 0.2) is 18.2 Å². The second-order valence-electron chi connectivity index (χ2n) is 4.68. The molecule has 0 bridgehead atoms. The van der Waals surface area contributed by atoms with E-state index in [1.165, 1.54) is 5.56 Å². The zero-order valence-electron chi connectivity index (χ0n) is 11.3. The Bertz CT molecular complexity index is 405. The highest BCUT2D eigenvalue weighted by molar-refractivity contribution is 5.77. The van der Waals surface area contributed by atoms with Crippen LogP contribution in [0.2, 0.25) is 0 Å². The number of carbonyl (C=O) groups excluding carboxylic acids is 1. The first-order valence-electron chi connectivity index (χ1n) is 6.19.